The molecule has 0 atom stereocenters. The van der Waals surface area contributed by atoms with E-state index in [0.29, 0.717) is 23.5 Å². The van der Waals surface area contributed by atoms with E-state index in [1.165, 1.54) is 0 Å². The third-order valence-electron chi connectivity index (χ3n) is 3.89. The van der Waals surface area contributed by atoms with Crippen molar-refractivity contribution in [2.45, 2.75) is 13.3 Å². The van der Waals surface area contributed by atoms with Gasteiger partial charge in [-0.2, -0.15) is 0 Å². The van der Waals surface area contributed by atoms with Gasteiger partial charge in [-0.3, -0.25) is 9.59 Å². The van der Waals surface area contributed by atoms with E-state index in [2.05, 4.69) is 20.2 Å². The van der Waals surface area contributed by atoms with Gasteiger partial charge in [-0.15, -0.1) is 5.10 Å². The summed E-state index contributed by atoms with van der Waals surface area (Å²) in [6.45, 7) is 1.35. The van der Waals surface area contributed by atoms with Gasteiger partial charge in [-0.05, 0) is 42.2 Å². The maximum atomic E-state index is 12.5. The highest BCUT2D eigenvalue weighted by Gasteiger charge is 2.19. The van der Waals surface area contributed by atoms with Gasteiger partial charge < -0.3 is 15.4 Å². The number of anilines is 2. The molecule has 9 heteroatoms. The molecule has 0 spiro atoms. The van der Waals surface area contributed by atoms with Crippen molar-refractivity contribution in [3.63, 3.8) is 0 Å². The number of carbonyl (C=O) groups is 3. The van der Waals surface area contributed by atoms with Crippen molar-refractivity contribution in [1.29, 1.82) is 0 Å². The molecule has 1 aromatic heterocycles. The van der Waals surface area contributed by atoms with Gasteiger partial charge in [0, 0.05) is 5.69 Å². The van der Waals surface area contributed by atoms with E-state index >= 15 is 0 Å². The molecule has 0 unspecified atom stereocenters. The number of nitrogens with one attached hydrogen (secondary N) is 2. The van der Waals surface area contributed by atoms with Crippen LogP contribution in [0.4, 0.5) is 11.4 Å². The van der Waals surface area contributed by atoms with Crippen LogP contribution in [0.15, 0.2) is 54.6 Å². The molecule has 0 saturated heterocycles. The summed E-state index contributed by atoms with van der Waals surface area (Å²) in [5, 5.41) is 9.21. The number of aryl methyl sites for hydroxylation is 1. The van der Waals surface area contributed by atoms with Crippen molar-refractivity contribution in [3.05, 3.63) is 70.7 Å². The number of para-hydroxylation sites is 2. The number of nitrogens with zero attached hydrogens (tertiary/aromatic N) is 2. The van der Waals surface area contributed by atoms with Crippen molar-refractivity contribution in [3.8, 4) is 0 Å². The van der Waals surface area contributed by atoms with E-state index in [1.807, 2.05) is 13.0 Å². The first kappa shape index (κ1) is 20.2. The highest BCUT2D eigenvalue weighted by Crippen LogP contribution is 2.18. The molecule has 2 N–H and O–H groups in total. The molecule has 0 radical (unpaired) electrons. The minimum atomic E-state index is -0.651. The molecule has 0 saturated carbocycles. The Morgan fingerprint density at radius 3 is 2.48 bits per heavy atom. The lowest BCUT2D eigenvalue weighted by Gasteiger charge is -2.11. The highest BCUT2D eigenvalue weighted by atomic mass is 32.1. The van der Waals surface area contributed by atoms with Crippen molar-refractivity contribution in [1.82, 2.24) is 9.59 Å². The number of hydrogen-bond acceptors (Lipinski definition) is 7. The molecule has 0 aliphatic carbocycles. The number of amides is 2. The zero-order valence-electron chi connectivity index (χ0n) is 15.5. The lowest BCUT2D eigenvalue weighted by molar-refractivity contribution is -0.119. The summed E-state index contributed by atoms with van der Waals surface area (Å²) in [5.74, 6) is -1.58. The Labute approximate surface area is 171 Å². The Bertz CT molecular complexity index is 1020. The summed E-state index contributed by atoms with van der Waals surface area (Å²) >= 11 is 0.925. The van der Waals surface area contributed by atoms with Crippen LogP contribution in [0.3, 0.4) is 0 Å². The lowest BCUT2D eigenvalue weighted by atomic mass is 10.1. The van der Waals surface area contributed by atoms with E-state index in [9.17, 15) is 14.4 Å². The van der Waals surface area contributed by atoms with Gasteiger partial charge in [0.25, 0.3) is 11.8 Å². The Balaban J connectivity index is 1.62. The van der Waals surface area contributed by atoms with E-state index in [-0.39, 0.29) is 16.3 Å². The Hall–Kier alpha value is -3.59. The first-order valence-corrected chi connectivity index (χ1v) is 9.59. The van der Waals surface area contributed by atoms with Crippen LogP contribution in [0.5, 0.6) is 0 Å². The van der Waals surface area contributed by atoms with Crippen LogP contribution < -0.4 is 10.6 Å². The SMILES string of the molecule is CCc1nnsc1C(=O)OCC(=O)Nc1ccccc1C(=O)Nc1ccccc1. The second-order valence-electron chi connectivity index (χ2n) is 5.89. The molecule has 29 heavy (non-hydrogen) atoms. The average molecular weight is 410 g/mol. The van der Waals surface area contributed by atoms with Gasteiger partial charge in [0.15, 0.2) is 11.5 Å². The summed E-state index contributed by atoms with van der Waals surface area (Å²) in [6.07, 6.45) is 0.539. The monoisotopic (exact) mass is 410 g/mol. The summed E-state index contributed by atoms with van der Waals surface area (Å²) in [4.78, 5) is 37.1. The van der Waals surface area contributed by atoms with Gasteiger partial charge in [0.2, 0.25) is 0 Å². The molecule has 3 aromatic rings. The fourth-order valence-electron chi connectivity index (χ4n) is 2.49. The fraction of sp³-hybridized carbons (Fsp3) is 0.150. The minimum absolute atomic E-state index is 0.280. The number of rotatable bonds is 7. The van der Waals surface area contributed by atoms with Crippen LogP contribution in [0, 0.1) is 0 Å². The maximum Gasteiger partial charge on any atom is 0.352 e. The van der Waals surface area contributed by atoms with E-state index in [0.717, 1.165) is 11.5 Å². The van der Waals surface area contributed by atoms with E-state index < -0.39 is 18.5 Å². The maximum absolute atomic E-state index is 12.5. The number of carbonyl (C=O) groups excluding carboxylic acids is 3. The molecular formula is C20H18N4O4S. The summed E-state index contributed by atoms with van der Waals surface area (Å²) in [6, 6.07) is 15.6. The fourth-order valence-corrected chi connectivity index (χ4v) is 3.13. The standard InChI is InChI=1S/C20H18N4O4S/c1-2-15-18(29-24-23-15)20(27)28-12-17(25)22-16-11-7-6-10-14(16)19(26)21-13-8-4-3-5-9-13/h3-11H,2,12H2,1H3,(H,21,26)(H,22,25). The molecule has 2 amide bonds. The highest BCUT2D eigenvalue weighted by molar-refractivity contribution is 7.07. The lowest BCUT2D eigenvalue weighted by Crippen LogP contribution is -2.23. The second kappa shape index (κ2) is 9.56. The van der Waals surface area contributed by atoms with Gasteiger partial charge in [-0.25, -0.2) is 4.79 Å². The minimum Gasteiger partial charge on any atom is -0.451 e. The Morgan fingerprint density at radius 1 is 1.00 bits per heavy atom. The Morgan fingerprint density at radius 2 is 1.72 bits per heavy atom. The predicted molar refractivity (Wildman–Crippen MR) is 109 cm³/mol. The first-order chi connectivity index (χ1) is 14.1. The number of benzene rings is 2. The van der Waals surface area contributed by atoms with Crippen LogP contribution in [0.25, 0.3) is 0 Å². The average Bonchev–Trinajstić information content (AvgIpc) is 3.22. The molecular weight excluding hydrogens is 392 g/mol. The number of aromatic nitrogens is 2. The number of hydrogen-bond donors (Lipinski definition) is 2. The van der Waals surface area contributed by atoms with Crippen molar-refractivity contribution in [2.75, 3.05) is 17.2 Å². The van der Waals surface area contributed by atoms with Gasteiger partial charge in [-0.1, -0.05) is 41.7 Å². The number of ether oxygens (including phenoxy) is 1. The molecule has 2 aromatic carbocycles. The zero-order valence-corrected chi connectivity index (χ0v) is 16.4. The molecule has 0 fully saturated rings. The quantitative estimate of drug-likeness (QED) is 0.579. The van der Waals surface area contributed by atoms with Crippen LogP contribution in [-0.4, -0.2) is 34.0 Å². The molecule has 0 aliphatic heterocycles. The van der Waals surface area contributed by atoms with E-state index in [4.69, 9.17) is 4.74 Å². The molecule has 3 rings (SSSR count). The largest absolute Gasteiger partial charge is 0.451 e. The van der Waals surface area contributed by atoms with Crippen LogP contribution >= 0.6 is 11.5 Å². The van der Waals surface area contributed by atoms with Crippen molar-refractivity contribution >= 4 is 40.7 Å². The molecule has 148 valence electrons. The first-order valence-electron chi connectivity index (χ1n) is 8.82. The van der Waals surface area contributed by atoms with Gasteiger partial charge >= 0.3 is 5.97 Å². The van der Waals surface area contributed by atoms with Gasteiger partial charge in [0.1, 0.15) is 0 Å². The Kier molecular flexibility index (Phi) is 6.64. The number of esters is 1. The molecule has 1 heterocycles. The summed E-state index contributed by atoms with van der Waals surface area (Å²) in [7, 11) is 0. The molecule has 8 nitrogen and oxygen atoms in total. The normalized spacial score (nSPS) is 10.2. The molecule has 0 aliphatic rings. The van der Waals surface area contributed by atoms with Crippen molar-refractivity contribution < 1.29 is 19.1 Å². The summed E-state index contributed by atoms with van der Waals surface area (Å²) in [5.41, 5.74) is 1.77. The van der Waals surface area contributed by atoms with Crippen molar-refractivity contribution in [2.24, 2.45) is 0 Å². The van der Waals surface area contributed by atoms with Crippen LogP contribution in [0.1, 0.15) is 32.6 Å². The van der Waals surface area contributed by atoms with Crippen LogP contribution in [-0.2, 0) is 16.0 Å². The predicted octanol–water partition coefficient (Wildman–Crippen LogP) is 3.15. The van der Waals surface area contributed by atoms with Gasteiger partial charge in [0.05, 0.1) is 16.9 Å². The van der Waals surface area contributed by atoms with E-state index in [1.54, 1.807) is 48.5 Å². The smallest absolute Gasteiger partial charge is 0.352 e. The van der Waals surface area contributed by atoms with Crippen LogP contribution in [0.2, 0.25) is 0 Å². The third-order valence-corrected chi connectivity index (χ3v) is 4.64. The zero-order chi connectivity index (χ0) is 20.6. The topological polar surface area (TPSA) is 110 Å². The third kappa shape index (κ3) is 5.23. The summed E-state index contributed by atoms with van der Waals surface area (Å²) < 4.78 is 8.76. The second-order valence-corrected chi connectivity index (χ2v) is 6.65. The molecule has 0 bridgehead atoms.